The van der Waals surface area contributed by atoms with Crippen LogP contribution in [0.2, 0.25) is 0 Å². The molecule has 8 heteroatoms. The van der Waals surface area contributed by atoms with Gasteiger partial charge in [0.05, 0.1) is 25.1 Å². The van der Waals surface area contributed by atoms with Crippen molar-refractivity contribution in [2.24, 2.45) is 0 Å². The van der Waals surface area contributed by atoms with E-state index in [1.54, 1.807) is 13.3 Å². The Balaban J connectivity index is 1.77. The number of hydrogen-bond acceptors (Lipinski definition) is 8. The molecule has 0 aliphatic carbocycles. The second-order valence-electron chi connectivity index (χ2n) is 6.36. The highest BCUT2D eigenvalue weighted by molar-refractivity contribution is 5.68. The van der Waals surface area contributed by atoms with Crippen LogP contribution in [0.3, 0.4) is 0 Å². The quantitative estimate of drug-likeness (QED) is 0.558. The number of piperidine rings is 1. The second-order valence-corrected chi connectivity index (χ2v) is 6.36. The fourth-order valence-corrected chi connectivity index (χ4v) is 3.01. The van der Waals surface area contributed by atoms with E-state index in [1.165, 1.54) is 0 Å². The van der Waals surface area contributed by atoms with Crippen molar-refractivity contribution in [2.45, 2.75) is 25.9 Å². The normalized spacial score (nSPS) is 14.6. The summed E-state index contributed by atoms with van der Waals surface area (Å²) in [7, 11) is 1.62. The number of hydrogen-bond donors (Lipinski definition) is 4. The van der Waals surface area contributed by atoms with Gasteiger partial charge in [0.15, 0.2) is 11.6 Å². The third-order valence-electron chi connectivity index (χ3n) is 4.41. The molecule has 0 bridgehead atoms. The Kier molecular flexibility index (Phi) is 6.67. The predicted octanol–water partition coefficient (Wildman–Crippen LogP) is 2.07. The van der Waals surface area contributed by atoms with Gasteiger partial charge in [-0.25, -0.2) is 9.97 Å². The average Bonchev–Trinajstić information content (AvgIpc) is 2.69. The van der Waals surface area contributed by atoms with Crippen molar-refractivity contribution in [1.29, 1.82) is 0 Å². The summed E-state index contributed by atoms with van der Waals surface area (Å²) in [5, 5.41) is 18.6. The number of methoxy groups -OCH3 is 1. The van der Waals surface area contributed by atoms with E-state index in [0.717, 1.165) is 43.1 Å². The molecule has 0 saturated carbocycles. The van der Waals surface area contributed by atoms with E-state index in [1.807, 2.05) is 25.1 Å². The van der Waals surface area contributed by atoms with Crippen LogP contribution in [0.4, 0.5) is 17.3 Å². The van der Waals surface area contributed by atoms with Gasteiger partial charge in [0.2, 0.25) is 5.75 Å². The summed E-state index contributed by atoms with van der Waals surface area (Å²) < 4.78 is 11.7. The molecule has 0 atom stereocenters. The number of aryl methyl sites for hydroxylation is 1. The van der Waals surface area contributed by atoms with Crippen LogP contribution in [0.25, 0.3) is 0 Å². The average molecular weight is 373 g/mol. The molecule has 0 radical (unpaired) electrons. The zero-order valence-corrected chi connectivity index (χ0v) is 15.8. The van der Waals surface area contributed by atoms with Crippen molar-refractivity contribution in [3.8, 4) is 11.5 Å². The molecule has 146 valence electrons. The van der Waals surface area contributed by atoms with Crippen LogP contribution in [0, 0.1) is 6.92 Å². The van der Waals surface area contributed by atoms with Crippen LogP contribution in [0.1, 0.15) is 18.5 Å². The molecule has 0 spiro atoms. The lowest BCUT2D eigenvalue weighted by Crippen LogP contribution is -2.34. The molecule has 2 aromatic rings. The Bertz CT molecular complexity index is 750. The van der Waals surface area contributed by atoms with Crippen LogP contribution in [0.15, 0.2) is 24.4 Å². The zero-order chi connectivity index (χ0) is 19.1. The van der Waals surface area contributed by atoms with Crippen molar-refractivity contribution < 1.29 is 14.6 Å². The smallest absolute Gasteiger partial charge is 0.204 e. The van der Waals surface area contributed by atoms with Gasteiger partial charge < -0.3 is 30.5 Å². The Morgan fingerprint density at radius 2 is 2.07 bits per heavy atom. The van der Waals surface area contributed by atoms with Gasteiger partial charge in [0.1, 0.15) is 11.9 Å². The fourth-order valence-electron chi connectivity index (χ4n) is 3.01. The Morgan fingerprint density at radius 3 is 2.78 bits per heavy atom. The highest BCUT2D eigenvalue weighted by Crippen LogP contribution is 2.36. The number of aromatic nitrogens is 2. The summed E-state index contributed by atoms with van der Waals surface area (Å²) in [5.41, 5.74) is 1.64. The SMILES string of the molecule is COc1c(OC2CCNCC2)ccnc1Nc1ccc(NCCO)nc1C. The molecule has 1 aliphatic heterocycles. The minimum Gasteiger partial charge on any atom is -0.490 e. The van der Waals surface area contributed by atoms with Gasteiger partial charge in [0.25, 0.3) is 0 Å². The van der Waals surface area contributed by atoms with Gasteiger partial charge in [-0.05, 0) is 45.0 Å². The minimum atomic E-state index is 0.0612. The van der Waals surface area contributed by atoms with Gasteiger partial charge in [-0.3, -0.25) is 0 Å². The predicted molar refractivity (Wildman–Crippen MR) is 105 cm³/mol. The maximum Gasteiger partial charge on any atom is 0.204 e. The van der Waals surface area contributed by atoms with Crippen LogP contribution in [-0.4, -0.2) is 54.5 Å². The van der Waals surface area contributed by atoms with Gasteiger partial charge in [0, 0.05) is 18.8 Å². The molecule has 27 heavy (non-hydrogen) atoms. The third kappa shape index (κ3) is 4.99. The number of pyridine rings is 2. The van der Waals surface area contributed by atoms with Crippen LogP contribution >= 0.6 is 0 Å². The maximum absolute atomic E-state index is 8.91. The lowest BCUT2D eigenvalue weighted by Gasteiger charge is -2.25. The number of aliphatic hydroxyl groups is 1. The molecule has 4 N–H and O–H groups in total. The number of nitrogens with zero attached hydrogens (tertiary/aromatic N) is 2. The highest BCUT2D eigenvalue weighted by Gasteiger charge is 2.19. The van der Waals surface area contributed by atoms with Crippen LogP contribution in [0.5, 0.6) is 11.5 Å². The van der Waals surface area contributed by atoms with Gasteiger partial charge >= 0.3 is 0 Å². The first-order valence-electron chi connectivity index (χ1n) is 9.21. The zero-order valence-electron chi connectivity index (χ0n) is 15.8. The monoisotopic (exact) mass is 373 g/mol. The van der Waals surface area contributed by atoms with E-state index in [0.29, 0.717) is 23.9 Å². The molecular weight excluding hydrogens is 346 g/mol. The van der Waals surface area contributed by atoms with E-state index in [9.17, 15) is 0 Å². The van der Waals surface area contributed by atoms with Crippen LogP contribution < -0.4 is 25.4 Å². The third-order valence-corrected chi connectivity index (χ3v) is 4.41. The summed E-state index contributed by atoms with van der Waals surface area (Å²) in [5.74, 6) is 2.58. The van der Waals surface area contributed by atoms with Crippen molar-refractivity contribution in [3.63, 3.8) is 0 Å². The van der Waals surface area contributed by atoms with Gasteiger partial charge in [-0.2, -0.15) is 0 Å². The van der Waals surface area contributed by atoms with Crippen molar-refractivity contribution in [1.82, 2.24) is 15.3 Å². The lowest BCUT2D eigenvalue weighted by atomic mass is 10.1. The molecule has 0 unspecified atom stereocenters. The number of ether oxygens (including phenoxy) is 2. The molecule has 8 nitrogen and oxygen atoms in total. The molecule has 0 amide bonds. The summed E-state index contributed by atoms with van der Waals surface area (Å²) in [6.07, 6.45) is 3.83. The molecule has 1 saturated heterocycles. The molecule has 2 aromatic heterocycles. The lowest BCUT2D eigenvalue weighted by molar-refractivity contribution is 0.156. The Morgan fingerprint density at radius 1 is 1.26 bits per heavy atom. The molecule has 1 aliphatic rings. The molecular formula is C19H27N5O3. The first kappa shape index (κ1) is 19.2. The highest BCUT2D eigenvalue weighted by atomic mass is 16.5. The van der Waals surface area contributed by atoms with Gasteiger partial charge in [-0.15, -0.1) is 0 Å². The molecule has 3 rings (SSSR count). The molecule has 1 fully saturated rings. The van der Waals surface area contributed by atoms with E-state index < -0.39 is 0 Å². The van der Waals surface area contributed by atoms with Crippen molar-refractivity contribution in [3.05, 3.63) is 30.1 Å². The summed E-state index contributed by atoms with van der Waals surface area (Å²) >= 11 is 0. The van der Waals surface area contributed by atoms with E-state index in [4.69, 9.17) is 14.6 Å². The maximum atomic E-state index is 8.91. The van der Waals surface area contributed by atoms with E-state index >= 15 is 0 Å². The first-order valence-corrected chi connectivity index (χ1v) is 9.21. The minimum absolute atomic E-state index is 0.0612. The fraction of sp³-hybridized carbons (Fsp3) is 0.474. The topological polar surface area (TPSA) is 101 Å². The van der Waals surface area contributed by atoms with Crippen LogP contribution in [-0.2, 0) is 0 Å². The first-order chi connectivity index (χ1) is 13.2. The largest absolute Gasteiger partial charge is 0.490 e. The summed E-state index contributed by atoms with van der Waals surface area (Å²) in [6.45, 7) is 4.36. The Labute approximate surface area is 159 Å². The molecule has 0 aromatic carbocycles. The van der Waals surface area contributed by atoms with E-state index in [-0.39, 0.29) is 12.7 Å². The van der Waals surface area contributed by atoms with Crippen molar-refractivity contribution >= 4 is 17.3 Å². The number of rotatable bonds is 8. The van der Waals surface area contributed by atoms with Gasteiger partial charge in [-0.1, -0.05) is 0 Å². The summed E-state index contributed by atoms with van der Waals surface area (Å²) in [4.78, 5) is 8.89. The number of aliphatic hydroxyl groups excluding tert-OH is 1. The number of anilines is 3. The van der Waals surface area contributed by atoms with E-state index in [2.05, 4.69) is 25.9 Å². The number of nitrogens with one attached hydrogen (secondary N) is 3. The second kappa shape index (κ2) is 9.38. The molecule has 3 heterocycles. The Hall–Kier alpha value is -2.58. The standard InChI is InChI=1S/C19H27N5O3/c1-13-15(3-4-17(23-13)21-11-12-25)24-19-18(26-2)16(7-10-22-19)27-14-5-8-20-9-6-14/h3-4,7,10,14,20,25H,5-6,8-9,11-12H2,1-2H3,(H,21,23)(H,22,24). The van der Waals surface area contributed by atoms with Crippen molar-refractivity contribution in [2.75, 3.05) is 44.0 Å². The summed E-state index contributed by atoms with van der Waals surface area (Å²) in [6, 6.07) is 5.61.